The second-order valence-electron chi connectivity index (χ2n) is 5.94. The number of aryl methyl sites for hydroxylation is 1. The van der Waals surface area contributed by atoms with Gasteiger partial charge in [0.05, 0.1) is 18.4 Å². The van der Waals surface area contributed by atoms with Gasteiger partial charge >= 0.3 is 6.03 Å². The van der Waals surface area contributed by atoms with Gasteiger partial charge in [0.1, 0.15) is 6.04 Å². The maximum Gasteiger partial charge on any atom is 0.315 e. The van der Waals surface area contributed by atoms with E-state index >= 15 is 0 Å². The first-order chi connectivity index (χ1) is 12.0. The van der Waals surface area contributed by atoms with Gasteiger partial charge in [0.15, 0.2) is 5.76 Å². The van der Waals surface area contributed by atoms with Gasteiger partial charge in [-0.1, -0.05) is 30.3 Å². The molecule has 7 nitrogen and oxygen atoms in total. The molecule has 3 rings (SSSR count). The smallest absolute Gasteiger partial charge is 0.315 e. The monoisotopic (exact) mass is 339 g/mol. The minimum atomic E-state index is -0.349. The number of carbonyl (C=O) groups excluding carboxylic acids is 1. The fourth-order valence-electron chi connectivity index (χ4n) is 2.47. The number of nitrogens with one attached hydrogen (secondary N) is 2. The number of aromatic nitrogens is 3. The van der Waals surface area contributed by atoms with Gasteiger partial charge in [-0.05, 0) is 13.8 Å². The molecular formula is C18H21N5O2. The molecule has 0 saturated heterocycles. The number of nitrogens with zero attached hydrogens (tertiary/aromatic N) is 3. The summed E-state index contributed by atoms with van der Waals surface area (Å²) >= 11 is 0. The van der Waals surface area contributed by atoms with Crippen molar-refractivity contribution in [1.29, 1.82) is 0 Å². The van der Waals surface area contributed by atoms with Crippen molar-refractivity contribution in [2.24, 2.45) is 7.05 Å². The number of benzene rings is 1. The second kappa shape index (κ2) is 7.21. The van der Waals surface area contributed by atoms with Crippen LogP contribution in [0.2, 0.25) is 0 Å². The lowest BCUT2D eigenvalue weighted by atomic mass is 10.2. The van der Waals surface area contributed by atoms with E-state index in [1.807, 2.05) is 57.4 Å². The van der Waals surface area contributed by atoms with Gasteiger partial charge < -0.3 is 15.1 Å². The van der Waals surface area contributed by atoms with Crippen LogP contribution in [0.5, 0.6) is 0 Å². The quantitative estimate of drug-likeness (QED) is 0.747. The standard InChI is InChI=1S/C18H21N5O2/c1-12(15-9-20-23(3)11-15)21-18(24)22-13(2)17-19-10-16(25-17)14-7-5-4-6-8-14/h4-13H,1-3H3,(H2,21,22,24)/t12-,13+/m1/s1. The molecule has 7 heteroatoms. The van der Waals surface area contributed by atoms with Crippen molar-refractivity contribution in [3.63, 3.8) is 0 Å². The third-order valence-corrected chi connectivity index (χ3v) is 3.87. The van der Waals surface area contributed by atoms with Crippen LogP contribution in [-0.4, -0.2) is 20.8 Å². The molecule has 0 aliphatic rings. The lowest BCUT2D eigenvalue weighted by molar-refractivity contribution is 0.232. The van der Waals surface area contributed by atoms with Crippen molar-refractivity contribution in [2.75, 3.05) is 0 Å². The highest BCUT2D eigenvalue weighted by atomic mass is 16.4. The van der Waals surface area contributed by atoms with Crippen LogP contribution in [0.1, 0.15) is 37.4 Å². The minimum Gasteiger partial charge on any atom is -0.438 e. The zero-order valence-corrected chi connectivity index (χ0v) is 14.4. The molecule has 0 saturated carbocycles. The highest BCUT2D eigenvalue weighted by molar-refractivity contribution is 5.74. The number of hydrogen-bond donors (Lipinski definition) is 2. The SMILES string of the molecule is C[C@H](NC(=O)N[C@H](C)c1cnn(C)c1)c1ncc(-c2ccccc2)o1. The first-order valence-electron chi connectivity index (χ1n) is 8.09. The van der Waals surface area contributed by atoms with Crippen LogP contribution in [-0.2, 0) is 7.05 Å². The van der Waals surface area contributed by atoms with E-state index in [1.165, 1.54) is 0 Å². The number of amides is 2. The molecule has 0 unspecified atom stereocenters. The van der Waals surface area contributed by atoms with Gasteiger partial charge in [-0.2, -0.15) is 5.10 Å². The Hall–Kier alpha value is -3.09. The number of carbonyl (C=O) groups is 1. The average molecular weight is 339 g/mol. The van der Waals surface area contributed by atoms with Crippen LogP contribution in [0.15, 0.2) is 53.3 Å². The summed E-state index contributed by atoms with van der Waals surface area (Å²) < 4.78 is 7.46. The molecule has 0 bridgehead atoms. The predicted molar refractivity (Wildman–Crippen MR) is 93.6 cm³/mol. The Balaban J connectivity index is 1.59. The highest BCUT2D eigenvalue weighted by Crippen LogP contribution is 2.22. The first-order valence-corrected chi connectivity index (χ1v) is 8.09. The Morgan fingerprint density at radius 2 is 1.84 bits per heavy atom. The molecule has 0 aliphatic carbocycles. The predicted octanol–water partition coefficient (Wildman–Crippen LogP) is 3.20. The summed E-state index contributed by atoms with van der Waals surface area (Å²) in [6.45, 7) is 3.73. The topological polar surface area (TPSA) is 85.0 Å². The molecule has 2 atom stereocenters. The second-order valence-corrected chi connectivity index (χ2v) is 5.94. The molecule has 2 aromatic heterocycles. The summed E-state index contributed by atoms with van der Waals surface area (Å²) in [5, 5.41) is 9.82. The molecule has 130 valence electrons. The van der Waals surface area contributed by atoms with Crippen molar-refractivity contribution in [1.82, 2.24) is 25.4 Å². The van der Waals surface area contributed by atoms with Gasteiger partial charge in [0.2, 0.25) is 5.89 Å². The molecule has 1 aromatic carbocycles. The van der Waals surface area contributed by atoms with E-state index in [0.717, 1.165) is 11.1 Å². The van der Waals surface area contributed by atoms with Crippen LogP contribution in [0, 0.1) is 0 Å². The summed E-state index contributed by atoms with van der Waals surface area (Å²) in [7, 11) is 1.84. The van der Waals surface area contributed by atoms with E-state index in [0.29, 0.717) is 11.7 Å². The zero-order chi connectivity index (χ0) is 17.8. The maximum atomic E-state index is 12.2. The largest absolute Gasteiger partial charge is 0.438 e. The highest BCUT2D eigenvalue weighted by Gasteiger charge is 2.17. The van der Waals surface area contributed by atoms with Crippen molar-refractivity contribution >= 4 is 6.03 Å². The van der Waals surface area contributed by atoms with Crippen LogP contribution in [0.25, 0.3) is 11.3 Å². The van der Waals surface area contributed by atoms with Gasteiger partial charge in [0, 0.05) is 24.4 Å². The van der Waals surface area contributed by atoms with E-state index in [1.54, 1.807) is 17.1 Å². The molecule has 0 fully saturated rings. The van der Waals surface area contributed by atoms with Crippen molar-refractivity contribution in [2.45, 2.75) is 25.9 Å². The molecule has 0 radical (unpaired) electrons. The normalized spacial score (nSPS) is 13.2. The minimum absolute atomic E-state index is 0.148. The molecular weight excluding hydrogens is 318 g/mol. The number of urea groups is 1. The van der Waals surface area contributed by atoms with E-state index < -0.39 is 0 Å². The fourth-order valence-corrected chi connectivity index (χ4v) is 2.47. The molecule has 0 aliphatic heterocycles. The Kier molecular flexibility index (Phi) is 4.83. The average Bonchev–Trinajstić information content (AvgIpc) is 3.24. The molecule has 0 spiro atoms. The van der Waals surface area contributed by atoms with Crippen molar-refractivity contribution in [3.05, 3.63) is 60.4 Å². The Morgan fingerprint density at radius 1 is 1.12 bits per heavy atom. The lowest BCUT2D eigenvalue weighted by Crippen LogP contribution is -2.38. The molecule has 2 N–H and O–H groups in total. The van der Waals surface area contributed by atoms with Gasteiger partial charge in [-0.15, -0.1) is 0 Å². The van der Waals surface area contributed by atoms with E-state index in [4.69, 9.17) is 4.42 Å². The lowest BCUT2D eigenvalue weighted by Gasteiger charge is -2.15. The van der Waals surface area contributed by atoms with E-state index in [9.17, 15) is 4.79 Å². The van der Waals surface area contributed by atoms with E-state index in [2.05, 4.69) is 20.7 Å². The summed E-state index contributed by atoms with van der Waals surface area (Å²) in [5.41, 5.74) is 1.89. The molecule has 2 heterocycles. The Labute approximate surface area is 146 Å². The van der Waals surface area contributed by atoms with Crippen LogP contribution in [0.4, 0.5) is 4.79 Å². The van der Waals surface area contributed by atoms with Crippen LogP contribution >= 0.6 is 0 Å². The van der Waals surface area contributed by atoms with E-state index in [-0.39, 0.29) is 18.1 Å². The van der Waals surface area contributed by atoms with Gasteiger partial charge in [-0.25, -0.2) is 9.78 Å². The van der Waals surface area contributed by atoms with Crippen LogP contribution < -0.4 is 10.6 Å². The summed E-state index contributed by atoms with van der Waals surface area (Å²) in [4.78, 5) is 16.4. The number of oxazole rings is 1. The number of rotatable bonds is 5. The van der Waals surface area contributed by atoms with Gasteiger partial charge in [0.25, 0.3) is 0 Å². The summed E-state index contributed by atoms with van der Waals surface area (Å²) in [5.74, 6) is 1.14. The first kappa shape index (κ1) is 16.8. The fraction of sp³-hybridized carbons (Fsp3) is 0.278. The van der Waals surface area contributed by atoms with Crippen LogP contribution in [0.3, 0.4) is 0 Å². The third-order valence-electron chi connectivity index (χ3n) is 3.87. The maximum absolute atomic E-state index is 12.2. The molecule has 3 aromatic rings. The number of hydrogen-bond acceptors (Lipinski definition) is 4. The molecule has 2 amide bonds. The third kappa shape index (κ3) is 4.06. The summed E-state index contributed by atoms with van der Waals surface area (Å²) in [6, 6.07) is 8.93. The summed E-state index contributed by atoms with van der Waals surface area (Å²) in [6.07, 6.45) is 5.27. The van der Waals surface area contributed by atoms with Gasteiger partial charge in [-0.3, -0.25) is 4.68 Å². The zero-order valence-electron chi connectivity index (χ0n) is 14.4. The van der Waals surface area contributed by atoms with Crippen molar-refractivity contribution in [3.8, 4) is 11.3 Å². The van der Waals surface area contributed by atoms with Crippen molar-refractivity contribution < 1.29 is 9.21 Å². The Bertz CT molecular complexity index is 840. The Morgan fingerprint density at radius 3 is 2.52 bits per heavy atom. The molecule has 25 heavy (non-hydrogen) atoms.